The molecule has 0 unspecified atom stereocenters. The highest BCUT2D eigenvalue weighted by molar-refractivity contribution is 7.53. The van der Waals surface area contributed by atoms with Crippen LogP contribution in [0, 0.1) is 0 Å². The van der Waals surface area contributed by atoms with Crippen LogP contribution in [0.15, 0.2) is 5.11 Å². The van der Waals surface area contributed by atoms with Gasteiger partial charge in [-0.3, -0.25) is 9.36 Å². The van der Waals surface area contributed by atoms with Crippen molar-refractivity contribution in [3.63, 3.8) is 0 Å². The summed E-state index contributed by atoms with van der Waals surface area (Å²) in [6, 6.07) is 0. The SMILES string of the molecule is COP(=O)(CCC(=O)CN=[N+]=[N-])OC. The van der Waals surface area contributed by atoms with Crippen molar-refractivity contribution in [1.29, 1.82) is 0 Å². The van der Waals surface area contributed by atoms with Crippen LogP contribution in [-0.2, 0) is 18.4 Å². The minimum absolute atomic E-state index is 0.000216. The number of hydrogen-bond acceptors (Lipinski definition) is 5. The first-order valence-corrected chi connectivity index (χ1v) is 5.54. The normalized spacial score (nSPS) is 10.7. The summed E-state index contributed by atoms with van der Waals surface area (Å²) in [6.45, 7) is -0.232. The van der Waals surface area contributed by atoms with Crippen LogP contribution in [0.4, 0.5) is 0 Å². The van der Waals surface area contributed by atoms with Gasteiger partial charge in [0.2, 0.25) is 0 Å². The molecule has 0 heterocycles. The van der Waals surface area contributed by atoms with Crippen molar-refractivity contribution < 1.29 is 18.4 Å². The summed E-state index contributed by atoms with van der Waals surface area (Å²) >= 11 is 0. The largest absolute Gasteiger partial charge is 0.330 e. The summed E-state index contributed by atoms with van der Waals surface area (Å²) in [5, 5.41) is 3.08. The molecule has 14 heavy (non-hydrogen) atoms. The fourth-order valence-corrected chi connectivity index (χ4v) is 1.75. The van der Waals surface area contributed by atoms with E-state index in [0.717, 1.165) is 0 Å². The third kappa shape index (κ3) is 4.99. The Morgan fingerprint density at radius 3 is 2.50 bits per heavy atom. The molecule has 0 bridgehead atoms. The summed E-state index contributed by atoms with van der Waals surface area (Å²) in [6.07, 6.45) is 0.0117. The van der Waals surface area contributed by atoms with E-state index in [1.54, 1.807) is 0 Å². The lowest BCUT2D eigenvalue weighted by atomic mass is 10.3. The van der Waals surface area contributed by atoms with E-state index in [1.807, 2.05) is 0 Å². The van der Waals surface area contributed by atoms with Gasteiger partial charge >= 0.3 is 7.60 Å². The van der Waals surface area contributed by atoms with Crippen molar-refractivity contribution in [3.05, 3.63) is 10.4 Å². The molecule has 7 nitrogen and oxygen atoms in total. The Labute approximate surface area is 81.5 Å². The van der Waals surface area contributed by atoms with Gasteiger partial charge in [0.1, 0.15) is 5.78 Å². The maximum atomic E-state index is 11.4. The summed E-state index contributed by atoms with van der Waals surface area (Å²) < 4.78 is 20.7. The quantitative estimate of drug-likeness (QED) is 0.282. The van der Waals surface area contributed by atoms with Crippen LogP contribution in [0.1, 0.15) is 6.42 Å². The van der Waals surface area contributed by atoms with Gasteiger partial charge in [0.15, 0.2) is 0 Å². The lowest BCUT2D eigenvalue weighted by molar-refractivity contribution is -0.117. The first-order chi connectivity index (χ1) is 6.58. The second-order valence-corrected chi connectivity index (χ2v) is 4.78. The number of hydrogen-bond donors (Lipinski definition) is 0. The van der Waals surface area contributed by atoms with Gasteiger partial charge in [-0.15, -0.1) is 0 Å². The topological polar surface area (TPSA) is 101 Å². The predicted molar refractivity (Wildman–Crippen MR) is 50.1 cm³/mol. The molecule has 0 atom stereocenters. The van der Waals surface area contributed by atoms with E-state index in [4.69, 9.17) is 5.53 Å². The van der Waals surface area contributed by atoms with Crippen LogP contribution in [-0.4, -0.2) is 32.7 Å². The van der Waals surface area contributed by atoms with Crippen molar-refractivity contribution in [3.8, 4) is 0 Å². The molecule has 8 heteroatoms. The van der Waals surface area contributed by atoms with Crippen molar-refractivity contribution in [2.45, 2.75) is 6.42 Å². The number of ketones is 1. The molecule has 0 aliphatic carbocycles. The summed E-state index contributed by atoms with van der Waals surface area (Å²) in [7, 11) is -0.618. The second-order valence-electron chi connectivity index (χ2n) is 2.38. The molecule has 0 fully saturated rings. The summed E-state index contributed by atoms with van der Waals surface area (Å²) in [5.41, 5.74) is 7.94. The Bertz CT molecular complexity index is 279. The Kier molecular flexibility index (Phi) is 6.16. The molecule has 0 N–H and O–H groups in total. The van der Waals surface area contributed by atoms with E-state index in [9.17, 15) is 9.36 Å². The number of nitrogens with zero attached hydrogens (tertiary/aromatic N) is 3. The van der Waals surface area contributed by atoms with Gasteiger partial charge in [-0.05, 0) is 5.53 Å². The Morgan fingerprint density at radius 1 is 1.50 bits per heavy atom. The van der Waals surface area contributed by atoms with Gasteiger partial charge in [0.25, 0.3) is 0 Å². The highest BCUT2D eigenvalue weighted by Crippen LogP contribution is 2.46. The second kappa shape index (κ2) is 6.56. The molecule has 0 saturated heterocycles. The lowest BCUT2D eigenvalue weighted by Gasteiger charge is -2.11. The van der Waals surface area contributed by atoms with Crippen molar-refractivity contribution in [2.75, 3.05) is 26.9 Å². The highest BCUT2D eigenvalue weighted by atomic mass is 31.2. The third-order valence-electron chi connectivity index (χ3n) is 1.53. The molecule has 0 amide bonds. The van der Waals surface area contributed by atoms with Gasteiger partial charge in [-0.1, -0.05) is 5.11 Å². The first kappa shape index (κ1) is 13.1. The van der Waals surface area contributed by atoms with Crippen LogP contribution in [0.3, 0.4) is 0 Å². The molecule has 0 aliphatic rings. The molecule has 0 aromatic carbocycles. The average Bonchev–Trinajstić information content (AvgIpc) is 2.23. The summed E-state index contributed by atoms with van der Waals surface area (Å²) in [4.78, 5) is 13.4. The standard InChI is InChI=1S/C6H12N3O4P/c1-12-14(11,13-2)4-3-6(10)5-8-9-7/h3-5H2,1-2H3. The zero-order valence-electron chi connectivity index (χ0n) is 8.04. The molecule has 80 valence electrons. The van der Waals surface area contributed by atoms with Gasteiger partial charge in [0, 0.05) is 25.6 Å². The van der Waals surface area contributed by atoms with Crippen molar-refractivity contribution in [1.82, 2.24) is 0 Å². The molecule has 0 rings (SSSR count). The molecule has 0 aromatic rings. The maximum absolute atomic E-state index is 11.4. The average molecular weight is 221 g/mol. The zero-order valence-corrected chi connectivity index (χ0v) is 8.94. The lowest BCUT2D eigenvalue weighted by Crippen LogP contribution is -2.06. The van der Waals surface area contributed by atoms with Crippen LogP contribution in [0.2, 0.25) is 0 Å². The highest BCUT2D eigenvalue weighted by Gasteiger charge is 2.21. The molecule has 0 saturated carbocycles. The van der Waals surface area contributed by atoms with E-state index >= 15 is 0 Å². The van der Waals surface area contributed by atoms with Gasteiger partial charge in [-0.25, -0.2) is 0 Å². The smallest absolute Gasteiger partial charge is 0.312 e. The van der Waals surface area contributed by atoms with Crippen LogP contribution in [0.5, 0.6) is 0 Å². The third-order valence-corrected chi connectivity index (χ3v) is 3.42. The van der Waals surface area contributed by atoms with E-state index in [-0.39, 0.29) is 24.9 Å². The van der Waals surface area contributed by atoms with Crippen molar-refractivity contribution >= 4 is 13.4 Å². The van der Waals surface area contributed by atoms with Gasteiger partial charge in [-0.2, -0.15) is 0 Å². The number of carbonyl (C=O) groups excluding carboxylic acids is 1. The predicted octanol–water partition coefficient (Wildman–Crippen LogP) is 1.74. The number of rotatable bonds is 7. The maximum Gasteiger partial charge on any atom is 0.330 e. The number of azide groups is 1. The first-order valence-electron chi connectivity index (χ1n) is 3.81. The van der Waals surface area contributed by atoms with Crippen LogP contribution >= 0.6 is 7.60 Å². The van der Waals surface area contributed by atoms with Crippen LogP contribution in [0.25, 0.3) is 10.4 Å². The fourth-order valence-electron chi connectivity index (χ4n) is 0.708. The van der Waals surface area contributed by atoms with Crippen molar-refractivity contribution in [2.24, 2.45) is 5.11 Å². The Morgan fingerprint density at radius 2 is 2.07 bits per heavy atom. The van der Waals surface area contributed by atoms with Crippen LogP contribution < -0.4 is 0 Å². The van der Waals surface area contributed by atoms with E-state index in [2.05, 4.69) is 19.1 Å². The molecular weight excluding hydrogens is 209 g/mol. The Balaban J connectivity index is 3.98. The molecule has 0 aliphatic heterocycles. The minimum Gasteiger partial charge on any atom is -0.312 e. The molecule has 0 radical (unpaired) electrons. The minimum atomic E-state index is -3.12. The summed E-state index contributed by atoms with van der Waals surface area (Å²) in [5.74, 6) is -0.294. The molecular formula is C6H12N3O4P. The van der Waals surface area contributed by atoms with E-state index in [1.165, 1.54) is 14.2 Å². The van der Waals surface area contributed by atoms with E-state index < -0.39 is 7.60 Å². The fraction of sp³-hybridized carbons (Fsp3) is 0.833. The Hall–Kier alpha value is -0.870. The monoisotopic (exact) mass is 221 g/mol. The van der Waals surface area contributed by atoms with Gasteiger partial charge < -0.3 is 9.05 Å². The molecule has 0 spiro atoms. The number of carbonyl (C=O) groups is 1. The zero-order chi connectivity index (χ0) is 11.0. The molecule has 0 aromatic heterocycles. The number of Topliss-reactive ketones (excluding diaryl/α,β-unsaturated/α-hetero) is 1. The van der Waals surface area contributed by atoms with E-state index in [0.29, 0.717) is 0 Å². The van der Waals surface area contributed by atoms with Gasteiger partial charge in [0.05, 0.1) is 12.7 Å².